The number of methoxy groups -OCH3 is 1. The molecule has 5 heteroatoms. The van der Waals surface area contributed by atoms with Crippen LogP contribution < -0.4 is 10.1 Å². The number of rotatable bonds is 6. The van der Waals surface area contributed by atoms with Crippen LogP contribution >= 0.6 is 0 Å². The third-order valence-electron chi connectivity index (χ3n) is 4.66. The minimum Gasteiger partial charge on any atom is -0.496 e. The zero-order valence-corrected chi connectivity index (χ0v) is 14.3. The molecule has 1 heterocycles. The fourth-order valence-electron chi connectivity index (χ4n) is 3.19. The van der Waals surface area contributed by atoms with Crippen molar-refractivity contribution in [2.75, 3.05) is 26.7 Å². The van der Waals surface area contributed by atoms with E-state index in [1.165, 1.54) is 0 Å². The van der Waals surface area contributed by atoms with Gasteiger partial charge in [-0.3, -0.25) is 9.69 Å². The van der Waals surface area contributed by atoms with E-state index in [4.69, 9.17) is 4.74 Å². The van der Waals surface area contributed by atoms with E-state index in [0.29, 0.717) is 12.5 Å². The molecule has 1 amide bonds. The summed E-state index contributed by atoms with van der Waals surface area (Å²) in [7, 11) is 1.64. The zero-order chi connectivity index (χ0) is 16.8. The second kappa shape index (κ2) is 8.31. The van der Waals surface area contributed by atoms with E-state index in [9.17, 15) is 9.90 Å². The van der Waals surface area contributed by atoms with Crippen molar-refractivity contribution in [1.29, 1.82) is 0 Å². The van der Waals surface area contributed by atoms with Gasteiger partial charge in [-0.2, -0.15) is 0 Å². The highest BCUT2D eigenvalue weighted by Crippen LogP contribution is 2.24. The topological polar surface area (TPSA) is 61.8 Å². The average Bonchev–Trinajstić information content (AvgIpc) is 2.55. The molecule has 0 saturated carbocycles. The van der Waals surface area contributed by atoms with Gasteiger partial charge in [-0.25, -0.2) is 0 Å². The number of carbonyl (C=O) groups is 1. The van der Waals surface area contributed by atoms with Crippen LogP contribution in [0, 0.1) is 5.92 Å². The summed E-state index contributed by atoms with van der Waals surface area (Å²) in [6.07, 6.45) is 1.65. The predicted octanol–water partition coefficient (Wildman–Crippen LogP) is 1.97. The van der Waals surface area contributed by atoms with Crippen molar-refractivity contribution in [3.63, 3.8) is 0 Å². The first-order chi connectivity index (χ1) is 11.0. The highest BCUT2D eigenvalue weighted by Gasteiger charge is 2.24. The number of nitrogens with one attached hydrogen (secondary N) is 1. The summed E-state index contributed by atoms with van der Waals surface area (Å²) < 4.78 is 5.35. The molecule has 0 aliphatic carbocycles. The van der Waals surface area contributed by atoms with Crippen LogP contribution in [0.15, 0.2) is 24.3 Å². The third kappa shape index (κ3) is 4.94. The first-order valence-electron chi connectivity index (χ1n) is 8.34. The number of ether oxygens (including phenoxy) is 1. The molecule has 1 aliphatic rings. The Hall–Kier alpha value is -1.59. The summed E-state index contributed by atoms with van der Waals surface area (Å²) in [5.41, 5.74) is 0.983. The van der Waals surface area contributed by atoms with Crippen LogP contribution in [0.4, 0.5) is 0 Å². The highest BCUT2D eigenvalue weighted by atomic mass is 16.5. The van der Waals surface area contributed by atoms with Crippen LogP contribution in [0.5, 0.6) is 5.75 Å². The number of nitrogens with zero attached hydrogens (tertiary/aromatic N) is 1. The molecule has 1 aromatic rings. The normalized spacial score (nSPS) is 19.1. The summed E-state index contributed by atoms with van der Waals surface area (Å²) >= 11 is 0. The number of hydrogen-bond donors (Lipinski definition) is 2. The van der Waals surface area contributed by atoms with Gasteiger partial charge in [0.05, 0.1) is 25.8 Å². The monoisotopic (exact) mass is 320 g/mol. The molecule has 1 fully saturated rings. The zero-order valence-electron chi connectivity index (χ0n) is 14.3. The SMILES string of the molecule is COc1ccccc1C(C)NC(=O)CN1CCC(C(C)O)CC1. The van der Waals surface area contributed by atoms with E-state index in [2.05, 4.69) is 10.2 Å². The quantitative estimate of drug-likeness (QED) is 0.841. The van der Waals surface area contributed by atoms with Gasteiger partial charge in [0.15, 0.2) is 0 Å². The van der Waals surface area contributed by atoms with E-state index in [0.717, 1.165) is 37.2 Å². The summed E-state index contributed by atoms with van der Waals surface area (Å²) in [4.78, 5) is 14.4. The maximum atomic E-state index is 12.3. The number of hydrogen-bond acceptors (Lipinski definition) is 4. The standard InChI is InChI=1S/C18H28N2O3/c1-13(16-6-4-5-7-17(16)23-3)19-18(22)12-20-10-8-15(9-11-20)14(2)21/h4-7,13-15,21H,8-12H2,1-3H3,(H,19,22). The molecule has 1 aliphatic heterocycles. The Kier molecular flexibility index (Phi) is 6.42. The molecule has 1 aromatic carbocycles. The van der Waals surface area contributed by atoms with Crippen LogP contribution in [0.25, 0.3) is 0 Å². The number of likely N-dealkylation sites (tertiary alicyclic amines) is 1. The van der Waals surface area contributed by atoms with E-state index in [1.807, 2.05) is 38.1 Å². The van der Waals surface area contributed by atoms with Gasteiger partial charge in [0.1, 0.15) is 5.75 Å². The maximum Gasteiger partial charge on any atom is 0.234 e. The summed E-state index contributed by atoms with van der Waals surface area (Å²) in [6, 6.07) is 7.65. The van der Waals surface area contributed by atoms with Gasteiger partial charge in [0, 0.05) is 5.56 Å². The molecule has 128 valence electrons. The van der Waals surface area contributed by atoms with Crippen molar-refractivity contribution in [3.8, 4) is 5.75 Å². The van der Waals surface area contributed by atoms with E-state index < -0.39 is 0 Å². The Morgan fingerprint density at radius 3 is 2.61 bits per heavy atom. The van der Waals surface area contributed by atoms with Crippen LogP contribution in [0.3, 0.4) is 0 Å². The van der Waals surface area contributed by atoms with Gasteiger partial charge >= 0.3 is 0 Å². The number of aliphatic hydroxyl groups is 1. The Balaban J connectivity index is 1.83. The largest absolute Gasteiger partial charge is 0.496 e. The summed E-state index contributed by atoms with van der Waals surface area (Å²) in [5, 5.41) is 12.7. The van der Waals surface area contributed by atoms with E-state index in [-0.39, 0.29) is 18.1 Å². The molecule has 0 spiro atoms. The van der Waals surface area contributed by atoms with Crippen molar-refractivity contribution in [1.82, 2.24) is 10.2 Å². The van der Waals surface area contributed by atoms with Gasteiger partial charge in [-0.15, -0.1) is 0 Å². The molecule has 5 nitrogen and oxygen atoms in total. The minimum atomic E-state index is -0.253. The lowest BCUT2D eigenvalue weighted by atomic mass is 9.92. The molecule has 2 rings (SSSR count). The van der Waals surface area contributed by atoms with Crippen LogP contribution in [-0.2, 0) is 4.79 Å². The van der Waals surface area contributed by atoms with Crippen molar-refractivity contribution in [3.05, 3.63) is 29.8 Å². The van der Waals surface area contributed by atoms with Gasteiger partial charge in [0.25, 0.3) is 0 Å². The predicted molar refractivity (Wildman–Crippen MR) is 90.4 cm³/mol. The Morgan fingerprint density at radius 1 is 1.35 bits per heavy atom. The number of aliphatic hydroxyl groups excluding tert-OH is 1. The molecule has 2 N–H and O–H groups in total. The second-order valence-corrected chi connectivity index (χ2v) is 6.39. The van der Waals surface area contributed by atoms with Crippen molar-refractivity contribution >= 4 is 5.91 Å². The van der Waals surface area contributed by atoms with Gasteiger partial charge in [-0.05, 0) is 51.8 Å². The van der Waals surface area contributed by atoms with Crippen molar-refractivity contribution in [2.24, 2.45) is 5.92 Å². The molecular formula is C18H28N2O3. The number of amides is 1. The third-order valence-corrected chi connectivity index (χ3v) is 4.66. The highest BCUT2D eigenvalue weighted by molar-refractivity contribution is 5.78. The first kappa shape index (κ1) is 17.8. The van der Waals surface area contributed by atoms with Gasteiger partial charge in [-0.1, -0.05) is 18.2 Å². The van der Waals surface area contributed by atoms with Crippen molar-refractivity contribution < 1.29 is 14.6 Å². The lowest BCUT2D eigenvalue weighted by Gasteiger charge is -2.33. The molecule has 0 radical (unpaired) electrons. The Morgan fingerprint density at radius 2 is 2.00 bits per heavy atom. The van der Waals surface area contributed by atoms with E-state index >= 15 is 0 Å². The van der Waals surface area contributed by atoms with Crippen molar-refractivity contribution in [2.45, 2.75) is 38.8 Å². The lowest BCUT2D eigenvalue weighted by Crippen LogP contribution is -2.43. The van der Waals surface area contributed by atoms with Crippen LogP contribution in [0.2, 0.25) is 0 Å². The molecule has 23 heavy (non-hydrogen) atoms. The number of carbonyl (C=O) groups excluding carboxylic acids is 1. The maximum absolute atomic E-state index is 12.3. The van der Waals surface area contributed by atoms with E-state index in [1.54, 1.807) is 7.11 Å². The number of para-hydroxylation sites is 1. The smallest absolute Gasteiger partial charge is 0.234 e. The minimum absolute atomic E-state index is 0.0268. The second-order valence-electron chi connectivity index (χ2n) is 6.39. The van der Waals surface area contributed by atoms with Crippen LogP contribution in [0.1, 0.15) is 38.3 Å². The fourth-order valence-corrected chi connectivity index (χ4v) is 3.19. The molecule has 0 aromatic heterocycles. The molecule has 2 atom stereocenters. The summed E-state index contributed by atoms with van der Waals surface area (Å²) in [5.74, 6) is 1.18. The number of benzene rings is 1. The molecule has 1 saturated heterocycles. The average molecular weight is 320 g/mol. The molecular weight excluding hydrogens is 292 g/mol. The number of piperidine rings is 1. The Labute approximate surface area is 138 Å². The lowest BCUT2D eigenvalue weighted by molar-refractivity contribution is -0.123. The summed E-state index contributed by atoms with van der Waals surface area (Å²) in [6.45, 7) is 5.96. The molecule has 0 bridgehead atoms. The van der Waals surface area contributed by atoms with Crippen LogP contribution in [-0.4, -0.2) is 48.8 Å². The Bertz CT molecular complexity index is 511. The fraction of sp³-hybridized carbons (Fsp3) is 0.611. The first-order valence-corrected chi connectivity index (χ1v) is 8.34. The molecule has 2 unspecified atom stereocenters. The van der Waals surface area contributed by atoms with Gasteiger partial charge in [0.2, 0.25) is 5.91 Å². The van der Waals surface area contributed by atoms with Gasteiger partial charge < -0.3 is 15.2 Å².